The topological polar surface area (TPSA) is 106 Å². The van der Waals surface area contributed by atoms with Crippen molar-refractivity contribution in [2.45, 2.75) is 6.42 Å². The van der Waals surface area contributed by atoms with Crippen LogP contribution in [0.1, 0.15) is 16.8 Å². The number of aliphatic imine (C=N–C) groups is 1. The molecular weight excluding hydrogens is 328 g/mol. The van der Waals surface area contributed by atoms with Crippen LogP contribution in [0.25, 0.3) is 0 Å². The van der Waals surface area contributed by atoms with Crippen molar-refractivity contribution in [2.24, 2.45) is 10.7 Å². The molecule has 0 aromatic heterocycles. The molecule has 0 fully saturated rings. The number of hydrogen-bond donors (Lipinski definition) is 3. The summed E-state index contributed by atoms with van der Waals surface area (Å²) in [7, 11) is 1.32. The van der Waals surface area contributed by atoms with Gasteiger partial charge in [0.25, 0.3) is 0 Å². The van der Waals surface area contributed by atoms with Gasteiger partial charge in [-0.1, -0.05) is 18.3 Å². The highest BCUT2D eigenvalue weighted by atomic mass is 32.2. The number of allylic oxidation sites excluding steroid dienone is 1. The number of carbonyl (C=O) groups excluding carboxylic acids is 2. The Hall–Kier alpha value is -2.74. The SMILES string of the molecule is C=C1C=C(N)N=C(SCCC(=O)Nc2ccc(C(=O)OC)cc2)N1. The van der Waals surface area contributed by atoms with Crippen LogP contribution in [0.3, 0.4) is 0 Å². The van der Waals surface area contributed by atoms with E-state index in [4.69, 9.17) is 5.73 Å². The predicted octanol–water partition coefficient (Wildman–Crippen LogP) is 1.81. The molecule has 0 radical (unpaired) electrons. The number of thioether (sulfide) groups is 1. The number of ether oxygens (including phenoxy) is 1. The highest BCUT2D eigenvalue weighted by molar-refractivity contribution is 8.13. The normalized spacial score (nSPS) is 13.5. The molecular formula is C16H18N4O3S. The number of anilines is 1. The third-order valence-corrected chi connectivity index (χ3v) is 3.85. The Morgan fingerprint density at radius 1 is 1.38 bits per heavy atom. The van der Waals surface area contributed by atoms with Crippen LogP contribution in [0, 0.1) is 0 Å². The van der Waals surface area contributed by atoms with E-state index in [9.17, 15) is 9.59 Å². The summed E-state index contributed by atoms with van der Waals surface area (Å²) in [5.41, 5.74) is 7.35. The maximum atomic E-state index is 11.9. The summed E-state index contributed by atoms with van der Waals surface area (Å²) in [5.74, 6) is 0.377. The summed E-state index contributed by atoms with van der Waals surface area (Å²) in [6.07, 6.45) is 1.94. The number of benzene rings is 1. The van der Waals surface area contributed by atoms with Crippen LogP contribution in [-0.2, 0) is 9.53 Å². The van der Waals surface area contributed by atoms with Crippen LogP contribution in [0.5, 0.6) is 0 Å². The first-order valence-corrected chi connectivity index (χ1v) is 8.09. The average Bonchev–Trinajstić information content (AvgIpc) is 2.54. The lowest BCUT2D eigenvalue weighted by atomic mass is 10.2. The maximum Gasteiger partial charge on any atom is 0.337 e. The van der Waals surface area contributed by atoms with Gasteiger partial charge in [0.05, 0.1) is 12.7 Å². The standard InChI is InChI=1S/C16H18N4O3S/c1-10-9-13(17)20-16(18-10)24-8-7-14(21)19-12-5-3-11(4-6-12)15(22)23-2/h3-6,9H,1,7-8,17H2,2H3,(H,18,20)(H,19,21). The van der Waals surface area contributed by atoms with Gasteiger partial charge in [0.15, 0.2) is 5.17 Å². The van der Waals surface area contributed by atoms with Crippen LogP contribution >= 0.6 is 11.8 Å². The Morgan fingerprint density at radius 3 is 2.71 bits per heavy atom. The van der Waals surface area contributed by atoms with Crippen molar-refractivity contribution in [3.8, 4) is 0 Å². The van der Waals surface area contributed by atoms with E-state index in [1.807, 2.05) is 0 Å². The van der Waals surface area contributed by atoms with Gasteiger partial charge in [-0.3, -0.25) is 4.79 Å². The van der Waals surface area contributed by atoms with Crippen LogP contribution < -0.4 is 16.4 Å². The first-order chi connectivity index (χ1) is 11.5. The molecule has 0 spiro atoms. The van der Waals surface area contributed by atoms with E-state index >= 15 is 0 Å². The molecule has 1 amide bonds. The molecule has 0 bridgehead atoms. The fourth-order valence-electron chi connectivity index (χ4n) is 1.87. The zero-order valence-electron chi connectivity index (χ0n) is 13.2. The second-order valence-corrected chi connectivity index (χ2v) is 5.94. The lowest BCUT2D eigenvalue weighted by Crippen LogP contribution is -2.24. The predicted molar refractivity (Wildman–Crippen MR) is 95.5 cm³/mol. The number of amides is 1. The zero-order chi connectivity index (χ0) is 17.5. The van der Waals surface area contributed by atoms with Crippen LogP contribution in [0.2, 0.25) is 0 Å². The van der Waals surface area contributed by atoms with Gasteiger partial charge in [0.1, 0.15) is 5.82 Å². The minimum Gasteiger partial charge on any atom is -0.465 e. The van der Waals surface area contributed by atoms with Crippen molar-refractivity contribution in [3.63, 3.8) is 0 Å². The molecule has 126 valence electrons. The fraction of sp³-hybridized carbons (Fsp3) is 0.188. The lowest BCUT2D eigenvalue weighted by Gasteiger charge is -2.14. The van der Waals surface area contributed by atoms with E-state index in [-0.39, 0.29) is 5.91 Å². The molecule has 1 heterocycles. The molecule has 24 heavy (non-hydrogen) atoms. The number of esters is 1. The van der Waals surface area contributed by atoms with Gasteiger partial charge >= 0.3 is 5.97 Å². The number of nitrogens with zero attached hydrogens (tertiary/aromatic N) is 1. The second-order valence-electron chi connectivity index (χ2n) is 4.85. The first kappa shape index (κ1) is 17.6. The van der Waals surface area contributed by atoms with Gasteiger partial charge in [-0.25, -0.2) is 9.79 Å². The van der Waals surface area contributed by atoms with Crippen LogP contribution in [0.15, 0.2) is 53.4 Å². The molecule has 1 aliphatic heterocycles. The molecule has 1 aromatic rings. The Labute approximate surface area is 144 Å². The smallest absolute Gasteiger partial charge is 0.337 e. The minimum absolute atomic E-state index is 0.132. The number of nitrogens with one attached hydrogen (secondary N) is 2. The van der Waals surface area contributed by atoms with E-state index in [1.54, 1.807) is 30.3 Å². The summed E-state index contributed by atoms with van der Waals surface area (Å²) >= 11 is 1.39. The van der Waals surface area contributed by atoms with Gasteiger partial charge < -0.3 is 21.1 Å². The molecule has 0 atom stereocenters. The summed E-state index contributed by atoms with van der Waals surface area (Å²) in [5, 5.41) is 6.36. The van der Waals surface area contributed by atoms with Crippen molar-refractivity contribution in [2.75, 3.05) is 18.2 Å². The molecule has 4 N–H and O–H groups in total. The Balaban J connectivity index is 1.78. The van der Waals surface area contributed by atoms with Crippen molar-refractivity contribution in [1.82, 2.24) is 5.32 Å². The monoisotopic (exact) mass is 346 g/mol. The fourth-order valence-corrected chi connectivity index (χ4v) is 2.72. The summed E-state index contributed by atoms with van der Waals surface area (Å²) in [4.78, 5) is 27.4. The molecule has 0 saturated heterocycles. The quantitative estimate of drug-likeness (QED) is 0.702. The van der Waals surface area contributed by atoms with E-state index < -0.39 is 5.97 Å². The number of methoxy groups -OCH3 is 1. The van der Waals surface area contributed by atoms with Gasteiger partial charge in [-0.15, -0.1) is 0 Å². The molecule has 8 heteroatoms. The van der Waals surface area contributed by atoms with Crippen molar-refractivity contribution >= 4 is 34.5 Å². The summed E-state index contributed by atoms with van der Waals surface area (Å²) in [6.45, 7) is 3.77. The summed E-state index contributed by atoms with van der Waals surface area (Å²) in [6, 6.07) is 6.49. The number of nitrogens with two attached hydrogens (primary N) is 1. The lowest BCUT2D eigenvalue weighted by molar-refractivity contribution is -0.115. The number of hydrogen-bond acceptors (Lipinski definition) is 7. The molecule has 1 aromatic carbocycles. The van der Waals surface area contributed by atoms with E-state index in [0.29, 0.717) is 40.1 Å². The second kappa shape index (κ2) is 8.21. The zero-order valence-corrected chi connectivity index (χ0v) is 14.0. The first-order valence-electron chi connectivity index (χ1n) is 7.11. The number of amidine groups is 1. The maximum absolute atomic E-state index is 11.9. The highest BCUT2D eigenvalue weighted by Gasteiger charge is 2.10. The van der Waals surface area contributed by atoms with Gasteiger partial charge in [0.2, 0.25) is 5.91 Å². The third-order valence-electron chi connectivity index (χ3n) is 2.98. The van der Waals surface area contributed by atoms with Crippen LogP contribution in [-0.4, -0.2) is 29.9 Å². The third kappa shape index (κ3) is 5.17. The Bertz CT molecular complexity index is 711. The Kier molecular flexibility index (Phi) is 6.02. The molecule has 1 aliphatic rings. The van der Waals surface area contributed by atoms with Gasteiger partial charge in [0, 0.05) is 29.6 Å². The number of rotatable bonds is 5. The van der Waals surface area contributed by atoms with E-state index in [0.717, 1.165) is 0 Å². The largest absolute Gasteiger partial charge is 0.465 e. The Morgan fingerprint density at radius 2 is 2.08 bits per heavy atom. The highest BCUT2D eigenvalue weighted by Crippen LogP contribution is 2.14. The molecule has 7 nitrogen and oxygen atoms in total. The minimum atomic E-state index is -0.417. The molecule has 0 saturated carbocycles. The van der Waals surface area contributed by atoms with Gasteiger partial charge in [-0.2, -0.15) is 0 Å². The van der Waals surface area contributed by atoms with E-state index in [2.05, 4.69) is 26.9 Å². The van der Waals surface area contributed by atoms with Crippen molar-refractivity contribution in [3.05, 3.63) is 54.0 Å². The average molecular weight is 346 g/mol. The number of carbonyl (C=O) groups is 2. The molecule has 0 aliphatic carbocycles. The molecule has 2 rings (SSSR count). The van der Waals surface area contributed by atoms with E-state index in [1.165, 1.54) is 18.9 Å². The molecule has 0 unspecified atom stereocenters. The van der Waals surface area contributed by atoms with Gasteiger partial charge in [-0.05, 0) is 24.3 Å². The summed E-state index contributed by atoms with van der Waals surface area (Å²) < 4.78 is 4.62. The van der Waals surface area contributed by atoms with Crippen molar-refractivity contribution in [1.29, 1.82) is 0 Å². The van der Waals surface area contributed by atoms with Crippen LogP contribution in [0.4, 0.5) is 5.69 Å². The van der Waals surface area contributed by atoms with Crippen molar-refractivity contribution < 1.29 is 14.3 Å².